The molecule has 0 radical (unpaired) electrons. The first kappa shape index (κ1) is 13.4. The van der Waals surface area contributed by atoms with Crippen molar-refractivity contribution in [3.63, 3.8) is 0 Å². The molecule has 4 heteroatoms. The van der Waals surface area contributed by atoms with Crippen molar-refractivity contribution in [2.75, 3.05) is 5.73 Å². The van der Waals surface area contributed by atoms with Crippen molar-refractivity contribution < 1.29 is 8.42 Å². The largest absolute Gasteiger partial charge is 0.398 e. The van der Waals surface area contributed by atoms with Crippen LogP contribution in [0.1, 0.15) is 38.2 Å². The minimum atomic E-state index is -3.26. The van der Waals surface area contributed by atoms with E-state index < -0.39 is 9.84 Å². The molecule has 18 heavy (non-hydrogen) atoms. The first-order valence-electron chi connectivity index (χ1n) is 6.51. The van der Waals surface area contributed by atoms with Crippen LogP contribution in [0.25, 0.3) is 0 Å². The molecule has 0 spiro atoms. The summed E-state index contributed by atoms with van der Waals surface area (Å²) in [6.07, 6.45) is 3.51. The summed E-state index contributed by atoms with van der Waals surface area (Å²) in [5.41, 5.74) is 7.23. The van der Waals surface area contributed by atoms with E-state index in [9.17, 15) is 8.42 Å². The highest BCUT2D eigenvalue weighted by Gasteiger charge is 2.31. The van der Waals surface area contributed by atoms with Crippen LogP contribution in [-0.2, 0) is 9.84 Å². The zero-order valence-electron chi connectivity index (χ0n) is 11.0. The Bertz CT molecular complexity index is 529. The van der Waals surface area contributed by atoms with E-state index in [4.69, 9.17) is 5.73 Å². The molecule has 1 aromatic carbocycles. The van der Waals surface area contributed by atoms with Crippen LogP contribution in [0.4, 0.5) is 5.69 Å². The summed E-state index contributed by atoms with van der Waals surface area (Å²) >= 11 is 0. The van der Waals surface area contributed by atoms with Crippen LogP contribution in [0.5, 0.6) is 0 Å². The van der Waals surface area contributed by atoms with E-state index in [1.54, 1.807) is 12.1 Å². The van der Waals surface area contributed by atoms with Gasteiger partial charge in [0.1, 0.15) is 0 Å². The van der Waals surface area contributed by atoms with Crippen LogP contribution in [0.2, 0.25) is 0 Å². The minimum absolute atomic E-state index is 0.251. The van der Waals surface area contributed by atoms with Crippen molar-refractivity contribution in [2.24, 2.45) is 5.92 Å². The van der Waals surface area contributed by atoms with Gasteiger partial charge < -0.3 is 5.73 Å². The van der Waals surface area contributed by atoms with E-state index in [-0.39, 0.29) is 5.25 Å². The van der Waals surface area contributed by atoms with Gasteiger partial charge >= 0.3 is 0 Å². The number of sulfone groups is 1. The molecule has 1 aromatic rings. The molecule has 1 saturated carbocycles. The summed E-state index contributed by atoms with van der Waals surface area (Å²) in [5, 5.41) is -0.251. The van der Waals surface area contributed by atoms with Crippen LogP contribution >= 0.6 is 0 Å². The fourth-order valence-electron chi connectivity index (χ4n) is 2.65. The normalized spacial score (nSPS) is 25.0. The predicted molar refractivity (Wildman–Crippen MR) is 74.2 cm³/mol. The molecule has 2 N–H and O–H groups in total. The fraction of sp³-hybridized carbons (Fsp3) is 0.571. The van der Waals surface area contributed by atoms with Crippen LogP contribution in [0.3, 0.4) is 0 Å². The second-order valence-electron chi connectivity index (χ2n) is 5.47. The van der Waals surface area contributed by atoms with Crippen LogP contribution < -0.4 is 5.73 Å². The van der Waals surface area contributed by atoms with Crippen molar-refractivity contribution in [1.29, 1.82) is 0 Å². The third-order valence-corrected chi connectivity index (χ3v) is 6.21. The predicted octanol–water partition coefficient (Wildman–Crippen LogP) is 2.93. The summed E-state index contributed by atoms with van der Waals surface area (Å²) < 4.78 is 25.1. The number of hydrogen-bond donors (Lipinski definition) is 1. The highest BCUT2D eigenvalue weighted by Crippen LogP contribution is 2.33. The number of benzene rings is 1. The molecular formula is C14H21NO2S. The number of nitrogens with two attached hydrogens (primary N) is 1. The monoisotopic (exact) mass is 267 g/mol. The molecule has 1 fully saturated rings. The maximum absolute atomic E-state index is 12.5. The average Bonchev–Trinajstić information content (AvgIpc) is 2.29. The van der Waals surface area contributed by atoms with Gasteiger partial charge in [-0.3, -0.25) is 0 Å². The van der Waals surface area contributed by atoms with Crippen molar-refractivity contribution in [2.45, 2.75) is 49.7 Å². The summed E-state index contributed by atoms with van der Waals surface area (Å²) in [7, 11) is -3.26. The second-order valence-corrected chi connectivity index (χ2v) is 7.66. The molecule has 1 aliphatic rings. The summed E-state index contributed by atoms with van der Waals surface area (Å²) in [6.45, 7) is 4.10. The zero-order valence-corrected chi connectivity index (χ0v) is 11.8. The third-order valence-electron chi connectivity index (χ3n) is 3.87. The fourth-order valence-corrected chi connectivity index (χ4v) is 4.54. The van der Waals surface area contributed by atoms with Crippen molar-refractivity contribution in [3.05, 3.63) is 23.8 Å². The van der Waals surface area contributed by atoms with Gasteiger partial charge in [0.25, 0.3) is 0 Å². The minimum Gasteiger partial charge on any atom is -0.398 e. The summed E-state index contributed by atoms with van der Waals surface area (Å²) in [5.74, 6) is 0.645. The lowest BCUT2D eigenvalue weighted by Crippen LogP contribution is -2.27. The highest BCUT2D eigenvalue weighted by molar-refractivity contribution is 7.92. The first-order valence-corrected chi connectivity index (χ1v) is 8.06. The Balaban J connectivity index is 2.30. The Kier molecular flexibility index (Phi) is 3.66. The number of aryl methyl sites for hydroxylation is 1. The Morgan fingerprint density at radius 1 is 1.17 bits per heavy atom. The lowest BCUT2D eigenvalue weighted by Gasteiger charge is -2.26. The lowest BCUT2D eigenvalue weighted by molar-refractivity contribution is 0.382. The SMILES string of the molecule is Cc1ccc(S(=O)(=O)C2CCC(C)CC2)c(N)c1. The molecule has 2 rings (SSSR count). The molecule has 0 unspecified atom stereocenters. The van der Waals surface area contributed by atoms with Crippen LogP contribution in [0, 0.1) is 12.8 Å². The van der Waals surface area contributed by atoms with E-state index >= 15 is 0 Å². The third kappa shape index (κ3) is 2.53. The molecule has 3 nitrogen and oxygen atoms in total. The molecule has 0 saturated heterocycles. The van der Waals surface area contributed by atoms with Gasteiger partial charge in [-0.1, -0.05) is 13.0 Å². The average molecular weight is 267 g/mol. The van der Waals surface area contributed by atoms with Gasteiger partial charge in [0, 0.05) is 0 Å². The molecule has 100 valence electrons. The van der Waals surface area contributed by atoms with Gasteiger partial charge in [-0.15, -0.1) is 0 Å². The van der Waals surface area contributed by atoms with E-state index in [1.165, 1.54) is 0 Å². The van der Waals surface area contributed by atoms with Crippen molar-refractivity contribution >= 4 is 15.5 Å². The van der Waals surface area contributed by atoms with Gasteiger partial charge in [-0.05, 0) is 56.2 Å². The number of anilines is 1. The standard InChI is InChI=1S/C14H21NO2S/c1-10-3-6-12(7-4-10)18(16,17)14-8-5-11(2)9-13(14)15/h5,8-10,12H,3-4,6-7,15H2,1-2H3. The van der Waals surface area contributed by atoms with Gasteiger partial charge in [0.2, 0.25) is 0 Å². The maximum Gasteiger partial charge on any atom is 0.183 e. The number of rotatable bonds is 2. The van der Waals surface area contributed by atoms with Gasteiger partial charge in [0.15, 0.2) is 9.84 Å². The lowest BCUT2D eigenvalue weighted by atomic mass is 9.91. The number of hydrogen-bond acceptors (Lipinski definition) is 3. The van der Waals surface area contributed by atoms with E-state index in [1.807, 2.05) is 13.0 Å². The summed E-state index contributed by atoms with van der Waals surface area (Å²) in [4.78, 5) is 0.313. The topological polar surface area (TPSA) is 60.2 Å². The number of nitrogen functional groups attached to an aromatic ring is 1. The molecule has 1 aliphatic carbocycles. The maximum atomic E-state index is 12.5. The molecule has 0 aromatic heterocycles. The summed E-state index contributed by atoms with van der Waals surface area (Å²) in [6, 6.07) is 5.20. The smallest absolute Gasteiger partial charge is 0.183 e. The quantitative estimate of drug-likeness (QED) is 0.838. The van der Waals surface area contributed by atoms with Crippen LogP contribution in [0.15, 0.2) is 23.1 Å². The Morgan fingerprint density at radius 3 is 2.33 bits per heavy atom. The molecule has 0 heterocycles. The molecular weight excluding hydrogens is 246 g/mol. The van der Waals surface area contributed by atoms with Crippen molar-refractivity contribution in [3.8, 4) is 0 Å². The van der Waals surface area contributed by atoms with E-state index in [2.05, 4.69) is 6.92 Å². The van der Waals surface area contributed by atoms with Crippen molar-refractivity contribution in [1.82, 2.24) is 0 Å². The Morgan fingerprint density at radius 2 is 1.78 bits per heavy atom. The van der Waals surface area contributed by atoms with Crippen LogP contribution in [-0.4, -0.2) is 13.7 Å². The molecule has 0 aliphatic heterocycles. The molecule has 0 amide bonds. The molecule has 0 atom stereocenters. The molecule has 0 bridgehead atoms. The Hall–Kier alpha value is -1.03. The zero-order chi connectivity index (χ0) is 13.3. The van der Waals surface area contributed by atoms with Gasteiger partial charge in [-0.2, -0.15) is 0 Å². The van der Waals surface area contributed by atoms with E-state index in [0.29, 0.717) is 16.5 Å². The van der Waals surface area contributed by atoms with Gasteiger partial charge in [0.05, 0.1) is 15.8 Å². The van der Waals surface area contributed by atoms with Gasteiger partial charge in [-0.25, -0.2) is 8.42 Å². The van der Waals surface area contributed by atoms with E-state index in [0.717, 1.165) is 31.2 Å². The second kappa shape index (κ2) is 4.92. The first-order chi connectivity index (χ1) is 8.41. The Labute approximate surface area is 109 Å². The highest BCUT2D eigenvalue weighted by atomic mass is 32.2.